The van der Waals surface area contributed by atoms with E-state index in [0.29, 0.717) is 11.6 Å². The third-order valence-electron chi connectivity index (χ3n) is 4.86. The second-order valence-corrected chi connectivity index (χ2v) is 8.46. The molecule has 0 bridgehead atoms. The molecule has 39 heavy (non-hydrogen) atoms. The topological polar surface area (TPSA) is 109 Å². The Labute approximate surface area is 234 Å². The number of nitrogens with one attached hydrogen (secondary N) is 2. The molecule has 9 heteroatoms. The molecule has 6 rings (SSSR count). The molecule has 0 spiro atoms. The van der Waals surface area contributed by atoms with Gasteiger partial charge < -0.3 is 9.97 Å². The number of hydrogen-bond donors (Lipinski definition) is 2. The highest BCUT2D eigenvalue weighted by Crippen LogP contribution is 2.17. The number of aromatic nitrogens is 8. The van der Waals surface area contributed by atoms with Crippen LogP contribution in [0.2, 0.25) is 0 Å². The lowest BCUT2D eigenvalue weighted by Gasteiger charge is -1.99. The minimum Gasteiger partial charge on any atom is -0.338 e. The smallest absolute Gasteiger partial charge is 0.182 e. The van der Waals surface area contributed by atoms with Gasteiger partial charge in [-0.15, -0.1) is 6.42 Å². The number of terminal acetylenes is 1. The van der Waals surface area contributed by atoms with Gasteiger partial charge in [0.15, 0.2) is 11.6 Å². The average molecular weight is 573 g/mol. The van der Waals surface area contributed by atoms with E-state index in [-0.39, 0.29) is 0 Å². The fraction of sp³-hybridized carbons (Fsp3) is 0. The predicted octanol–water partition coefficient (Wildman–Crippen LogP) is 5.56. The fourth-order valence-corrected chi connectivity index (χ4v) is 3.26. The van der Waals surface area contributed by atoms with Gasteiger partial charge in [0.1, 0.15) is 0 Å². The first-order valence-corrected chi connectivity index (χ1v) is 12.4. The zero-order chi connectivity index (χ0) is 27.1. The van der Waals surface area contributed by atoms with E-state index in [0.717, 1.165) is 32.6 Å². The van der Waals surface area contributed by atoms with Gasteiger partial charge >= 0.3 is 0 Å². The highest BCUT2D eigenvalue weighted by Gasteiger charge is 1.98. The van der Waals surface area contributed by atoms with Crippen molar-refractivity contribution < 1.29 is 0 Å². The van der Waals surface area contributed by atoms with Crippen LogP contribution in [0.25, 0.3) is 22.5 Å². The molecule has 6 aromatic rings. The number of H-pyrrole nitrogens is 2. The Bertz CT molecular complexity index is 1630. The molecule has 0 aliphatic heterocycles. The van der Waals surface area contributed by atoms with Crippen molar-refractivity contribution >= 4 is 15.9 Å². The highest BCUT2D eigenvalue weighted by atomic mass is 79.9. The molecule has 0 atom stereocenters. The van der Waals surface area contributed by atoms with Gasteiger partial charge in [0, 0.05) is 83.1 Å². The van der Waals surface area contributed by atoms with Crippen molar-refractivity contribution in [2.45, 2.75) is 0 Å². The lowest BCUT2D eigenvalue weighted by molar-refractivity contribution is 1.25. The van der Waals surface area contributed by atoms with Gasteiger partial charge in [-0.25, -0.2) is 9.97 Å². The molecule has 0 aliphatic carbocycles. The number of pyridine rings is 4. The zero-order valence-corrected chi connectivity index (χ0v) is 22.1. The minimum absolute atomic E-state index is 0.583. The van der Waals surface area contributed by atoms with Crippen molar-refractivity contribution in [2.75, 3.05) is 0 Å². The van der Waals surface area contributed by atoms with Gasteiger partial charge in [-0.3, -0.25) is 19.9 Å². The molecule has 8 nitrogen and oxygen atoms in total. The Balaban J connectivity index is 0.000000152. The molecular weight excluding hydrogens is 552 g/mol. The van der Waals surface area contributed by atoms with Crippen LogP contribution in [0, 0.1) is 24.2 Å². The van der Waals surface area contributed by atoms with E-state index in [1.807, 2.05) is 48.5 Å². The van der Waals surface area contributed by atoms with Crippen molar-refractivity contribution in [1.29, 1.82) is 0 Å². The van der Waals surface area contributed by atoms with E-state index in [1.165, 1.54) is 0 Å². The van der Waals surface area contributed by atoms with Crippen molar-refractivity contribution in [3.63, 3.8) is 0 Å². The largest absolute Gasteiger partial charge is 0.338 e. The first kappa shape index (κ1) is 26.7. The number of nitrogens with zero attached hydrogens (tertiary/aromatic N) is 6. The molecule has 188 valence electrons. The van der Waals surface area contributed by atoms with Crippen LogP contribution in [0.4, 0.5) is 0 Å². The van der Waals surface area contributed by atoms with Crippen LogP contribution in [-0.2, 0) is 0 Å². The van der Waals surface area contributed by atoms with Gasteiger partial charge in [-0.05, 0) is 76.3 Å². The van der Waals surface area contributed by atoms with Gasteiger partial charge in [0.2, 0.25) is 0 Å². The van der Waals surface area contributed by atoms with Crippen LogP contribution in [0.15, 0.2) is 115 Å². The zero-order valence-electron chi connectivity index (χ0n) is 20.5. The van der Waals surface area contributed by atoms with Crippen molar-refractivity contribution in [3.05, 3.63) is 132 Å². The summed E-state index contributed by atoms with van der Waals surface area (Å²) in [5, 5.41) is 0. The number of hydrogen-bond acceptors (Lipinski definition) is 6. The van der Waals surface area contributed by atoms with Crippen molar-refractivity contribution in [2.24, 2.45) is 0 Å². The number of halogens is 1. The van der Waals surface area contributed by atoms with E-state index in [2.05, 4.69) is 73.6 Å². The molecule has 0 amide bonds. The summed E-state index contributed by atoms with van der Waals surface area (Å²) >= 11 is 3.34. The Morgan fingerprint density at radius 1 is 0.615 bits per heavy atom. The number of imidazole rings is 2. The molecular formula is C30H21BrN8. The van der Waals surface area contributed by atoms with Crippen LogP contribution >= 0.6 is 15.9 Å². The molecule has 6 aromatic heterocycles. The Morgan fingerprint density at radius 2 is 1.23 bits per heavy atom. The standard InChI is InChI=1S/C15H10N4.C10H7BrN2.C5H4N2/c1-2-13(11-16-7-1)14-5-3-12(10-19-14)4-6-15-17-8-9-18-15;11-9-3-4-10(13-7-9)8-2-1-5-12-6-8;1-2-5-6-3-4-7-5/h1-3,5,7-11H,(H,17,18);1-7H;1,3-4H,(H,6,7). The van der Waals surface area contributed by atoms with E-state index >= 15 is 0 Å². The summed E-state index contributed by atoms with van der Waals surface area (Å²) in [7, 11) is 0. The van der Waals surface area contributed by atoms with Crippen LogP contribution in [0.3, 0.4) is 0 Å². The van der Waals surface area contributed by atoms with E-state index in [4.69, 9.17) is 6.42 Å². The molecule has 2 N–H and O–H groups in total. The highest BCUT2D eigenvalue weighted by molar-refractivity contribution is 9.10. The SMILES string of the molecule is Brc1ccc(-c2cccnc2)nc1.C#Cc1ncc[nH]1.C(#Cc1ncc[nH]1)c1ccc(-c2cccnc2)nc1. The molecule has 6 heterocycles. The summed E-state index contributed by atoms with van der Waals surface area (Å²) in [6, 6.07) is 15.6. The predicted molar refractivity (Wildman–Crippen MR) is 154 cm³/mol. The maximum Gasteiger partial charge on any atom is 0.182 e. The molecule has 0 fully saturated rings. The Morgan fingerprint density at radius 3 is 1.67 bits per heavy atom. The summed E-state index contributed by atoms with van der Waals surface area (Å²) in [4.78, 5) is 30.2. The second-order valence-electron chi connectivity index (χ2n) is 7.55. The summed E-state index contributed by atoms with van der Waals surface area (Å²) in [6.45, 7) is 0. The van der Waals surface area contributed by atoms with E-state index in [1.54, 1.807) is 62.0 Å². The molecule has 0 aromatic carbocycles. The van der Waals surface area contributed by atoms with Crippen LogP contribution in [0.5, 0.6) is 0 Å². The molecule has 0 aliphatic rings. The normalized spacial score (nSPS) is 9.44. The fourth-order valence-electron chi connectivity index (χ4n) is 3.02. The first-order valence-electron chi connectivity index (χ1n) is 11.6. The van der Waals surface area contributed by atoms with Crippen molar-refractivity contribution in [1.82, 2.24) is 39.9 Å². The minimum atomic E-state index is 0.583. The average Bonchev–Trinajstić information content (AvgIpc) is 3.73. The summed E-state index contributed by atoms with van der Waals surface area (Å²) in [5.74, 6) is 9.51. The summed E-state index contributed by atoms with van der Waals surface area (Å²) < 4.78 is 0.986. The Hall–Kier alpha value is -5.38. The van der Waals surface area contributed by atoms with Crippen LogP contribution in [-0.4, -0.2) is 39.9 Å². The van der Waals surface area contributed by atoms with Gasteiger partial charge in [0.05, 0.1) is 11.4 Å². The monoisotopic (exact) mass is 572 g/mol. The molecule has 0 saturated heterocycles. The maximum absolute atomic E-state index is 4.95. The Kier molecular flexibility index (Phi) is 9.84. The third-order valence-corrected chi connectivity index (χ3v) is 5.33. The third kappa shape index (κ3) is 8.60. The lowest BCUT2D eigenvalue weighted by atomic mass is 10.1. The quantitative estimate of drug-likeness (QED) is 0.263. The lowest BCUT2D eigenvalue weighted by Crippen LogP contribution is -1.85. The first-order chi connectivity index (χ1) is 19.2. The van der Waals surface area contributed by atoms with Gasteiger partial charge in [-0.1, -0.05) is 5.92 Å². The van der Waals surface area contributed by atoms with Crippen molar-refractivity contribution in [3.8, 4) is 46.7 Å². The number of aromatic amines is 2. The maximum atomic E-state index is 4.95. The molecule has 0 unspecified atom stereocenters. The van der Waals surface area contributed by atoms with Crippen LogP contribution < -0.4 is 0 Å². The van der Waals surface area contributed by atoms with Gasteiger partial charge in [-0.2, -0.15) is 0 Å². The van der Waals surface area contributed by atoms with Gasteiger partial charge in [0.25, 0.3) is 0 Å². The summed E-state index contributed by atoms with van der Waals surface area (Å²) in [6.07, 6.45) is 22.3. The molecule has 0 radical (unpaired) electrons. The second kappa shape index (κ2) is 14.4. The number of rotatable bonds is 2. The van der Waals surface area contributed by atoms with E-state index < -0.39 is 0 Å². The molecule has 0 saturated carbocycles. The van der Waals surface area contributed by atoms with E-state index in [9.17, 15) is 0 Å². The summed E-state index contributed by atoms with van der Waals surface area (Å²) in [5.41, 5.74) is 4.71. The van der Waals surface area contributed by atoms with Crippen LogP contribution in [0.1, 0.15) is 17.2 Å².